The molecule has 2 unspecified atom stereocenters. The SMILES string of the molecule is OCc1ccc2cc3ccc2c1C(O)OCc1cccc2c(CO)c(ccc12)C(O)OCC3. The molecule has 0 radical (unpaired) electrons. The molecule has 0 aromatic heterocycles. The second-order valence-electron chi connectivity index (χ2n) is 8.29. The Morgan fingerprint density at radius 2 is 1.64 bits per heavy atom. The summed E-state index contributed by atoms with van der Waals surface area (Å²) in [5.74, 6) is 0. The van der Waals surface area contributed by atoms with E-state index in [9.17, 15) is 20.4 Å². The van der Waals surface area contributed by atoms with E-state index in [0.717, 1.165) is 32.7 Å². The van der Waals surface area contributed by atoms with Gasteiger partial charge < -0.3 is 29.9 Å². The van der Waals surface area contributed by atoms with Gasteiger partial charge in [0.25, 0.3) is 0 Å². The van der Waals surface area contributed by atoms with Crippen LogP contribution in [0.3, 0.4) is 0 Å². The van der Waals surface area contributed by atoms with Crippen LogP contribution in [0.5, 0.6) is 0 Å². The van der Waals surface area contributed by atoms with Gasteiger partial charge in [-0.2, -0.15) is 0 Å². The minimum atomic E-state index is -1.23. The third kappa shape index (κ3) is 4.02. The predicted octanol–water partition coefficient (Wildman–Crippen LogP) is 3.75. The van der Waals surface area contributed by atoms with Crippen LogP contribution in [0.15, 0.2) is 60.7 Å². The van der Waals surface area contributed by atoms with E-state index in [-0.39, 0.29) is 19.8 Å². The molecule has 0 spiro atoms. The van der Waals surface area contributed by atoms with E-state index in [1.54, 1.807) is 12.1 Å². The maximum Gasteiger partial charge on any atom is 0.182 e. The Kier molecular flexibility index (Phi) is 6.12. The van der Waals surface area contributed by atoms with E-state index in [0.29, 0.717) is 35.3 Å². The summed E-state index contributed by atoms with van der Waals surface area (Å²) in [7, 11) is 0. The van der Waals surface area contributed by atoms with Gasteiger partial charge in [-0.15, -0.1) is 0 Å². The number of hydrogen-bond donors (Lipinski definition) is 4. The van der Waals surface area contributed by atoms with Crippen molar-refractivity contribution in [1.29, 1.82) is 0 Å². The highest BCUT2D eigenvalue weighted by Crippen LogP contribution is 2.33. The van der Waals surface area contributed by atoms with Gasteiger partial charge in [0.1, 0.15) is 0 Å². The summed E-state index contributed by atoms with van der Waals surface area (Å²) < 4.78 is 11.6. The van der Waals surface area contributed by atoms with E-state index < -0.39 is 12.6 Å². The maximum atomic E-state index is 11.0. The van der Waals surface area contributed by atoms with Crippen molar-refractivity contribution < 1.29 is 29.9 Å². The quantitative estimate of drug-likeness (QED) is 0.374. The standard InChI is InChI=1S/C27H26O6/c28-13-18-6-5-17-12-16-4-7-21(17)25(18)27(31)33-15-19-2-1-3-22-20(19)8-9-23(24(22)14-29)26(30)32-11-10-16/h1-9,12,26-31H,10-11,13-15H2. The van der Waals surface area contributed by atoms with E-state index >= 15 is 0 Å². The number of rotatable bonds is 2. The lowest BCUT2D eigenvalue weighted by Gasteiger charge is -2.20. The molecule has 33 heavy (non-hydrogen) atoms. The minimum absolute atomic E-state index is 0.126. The number of aliphatic hydroxyl groups excluding tert-OH is 4. The van der Waals surface area contributed by atoms with Crippen LogP contribution < -0.4 is 0 Å². The molecule has 4 aromatic carbocycles. The van der Waals surface area contributed by atoms with Crippen LogP contribution in [0.4, 0.5) is 0 Å². The monoisotopic (exact) mass is 446 g/mol. The molecular formula is C27H26O6. The van der Waals surface area contributed by atoms with Crippen molar-refractivity contribution in [1.82, 2.24) is 0 Å². The van der Waals surface area contributed by atoms with Crippen LogP contribution in [0, 0.1) is 0 Å². The Bertz CT molecular complexity index is 1320. The van der Waals surface area contributed by atoms with Crippen molar-refractivity contribution in [3.63, 3.8) is 0 Å². The van der Waals surface area contributed by atoms with Crippen molar-refractivity contribution in [3.8, 4) is 0 Å². The third-order valence-electron chi connectivity index (χ3n) is 6.42. The van der Waals surface area contributed by atoms with Crippen molar-refractivity contribution >= 4 is 21.5 Å². The first-order valence-corrected chi connectivity index (χ1v) is 11.0. The second-order valence-corrected chi connectivity index (χ2v) is 8.29. The Balaban J connectivity index is 1.66. The Hall–Kier alpha value is -2.84. The first-order valence-electron chi connectivity index (χ1n) is 11.0. The van der Waals surface area contributed by atoms with Crippen molar-refractivity contribution in [3.05, 3.63) is 94.0 Å². The molecule has 0 aliphatic carbocycles. The normalized spacial score (nSPS) is 19.2. The molecule has 2 atom stereocenters. The fraction of sp³-hybridized carbons (Fsp3) is 0.259. The zero-order valence-corrected chi connectivity index (χ0v) is 18.1. The number of ether oxygens (including phenoxy) is 2. The summed E-state index contributed by atoms with van der Waals surface area (Å²) in [5.41, 5.74) is 4.14. The molecule has 4 N–H and O–H groups in total. The highest BCUT2D eigenvalue weighted by Gasteiger charge is 2.20. The maximum absolute atomic E-state index is 11.0. The Morgan fingerprint density at radius 1 is 0.788 bits per heavy atom. The van der Waals surface area contributed by atoms with Crippen LogP contribution in [-0.2, 0) is 35.7 Å². The highest BCUT2D eigenvalue weighted by molar-refractivity contribution is 5.90. The lowest BCUT2D eigenvalue weighted by Crippen LogP contribution is -2.10. The molecule has 6 nitrogen and oxygen atoms in total. The average Bonchev–Trinajstić information content (AvgIpc) is 2.85. The van der Waals surface area contributed by atoms with Crippen LogP contribution in [-0.4, -0.2) is 27.0 Å². The molecule has 4 aliphatic heterocycles. The van der Waals surface area contributed by atoms with Crippen molar-refractivity contribution in [2.45, 2.75) is 38.8 Å². The van der Waals surface area contributed by atoms with Gasteiger partial charge in [0, 0.05) is 11.1 Å². The first kappa shape index (κ1) is 22.0. The number of benzene rings is 4. The average molecular weight is 446 g/mol. The summed E-state index contributed by atoms with van der Waals surface area (Å²) >= 11 is 0. The molecule has 0 amide bonds. The van der Waals surface area contributed by atoms with Gasteiger partial charge in [0.05, 0.1) is 26.4 Å². The van der Waals surface area contributed by atoms with Crippen LogP contribution in [0.2, 0.25) is 0 Å². The van der Waals surface area contributed by atoms with Gasteiger partial charge in [-0.05, 0) is 50.2 Å². The molecule has 8 rings (SSSR count). The largest absolute Gasteiger partial charge is 0.392 e. The van der Waals surface area contributed by atoms with Crippen LogP contribution in [0.25, 0.3) is 21.5 Å². The number of hydrogen-bond acceptors (Lipinski definition) is 6. The lowest BCUT2D eigenvalue weighted by atomic mass is 9.96. The summed E-state index contributed by atoms with van der Waals surface area (Å²) in [6.07, 6.45) is -1.81. The molecule has 4 heterocycles. The molecular weight excluding hydrogens is 420 g/mol. The van der Waals surface area contributed by atoms with Gasteiger partial charge in [-0.3, -0.25) is 0 Å². The molecule has 8 bridgehead atoms. The summed E-state index contributed by atoms with van der Waals surface area (Å²) in [4.78, 5) is 0. The molecule has 170 valence electrons. The van der Waals surface area contributed by atoms with E-state index in [1.165, 1.54) is 0 Å². The van der Waals surface area contributed by atoms with E-state index in [4.69, 9.17) is 9.47 Å². The zero-order valence-electron chi connectivity index (χ0n) is 18.1. The summed E-state index contributed by atoms with van der Waals surface area (Å²) in [6.45, 7) is -0.0386. The van der Waals surface area contributed by atoms with Gasteiger partial charge >= 0.3 is 0 Å². The van der Waals surface area contributed by atoms with Gasteiger partial charge in [-0.25, -0.2) is 0 Å². The van der Waals surface area contributed by atoms with Crippen molar-refractivity contribution in [2.24, 2.45) is 0 Å². The predicted molar refractivity (Wildman–Crippen MR) is 124 cm³/mol. The topological polar surface area (TPSA) is 99.4 Å². The molecule has 0 saturated heterocycles. The van der Waals surface area contributed by atoms with Crippen LogP contribution in [0.1, 0.15) is 46.0 Å². The van der Waals surface area contributed by atoms with Crippen LogP contribution >= 0.6 is 0 Å². The molecule has 0 saturated carbocycles. The fourth-order valence-corrected chi connectivity index (χ4v) is 4.70. The molecule has 0 fully saturated rings. The molecule has 6 heteroatoms. The second kappa shape index (κ2) is 9.19. The summed E-state index contributed by atoms with van der Waals surface area (Å²) in [6, 6.07) is 18.9. The Labute approximate surface area is 191 Å². The smallest absolute Gasteiger partial charge is 0.182 e. The van der Waals surface area contributed by atoms with Gasteiger partial charge in [0.15, 0.2) is 12.6 Å². The molecule has 4 aliphatic rings. The summed E-state index contributed by atoms with van der Waals surface area (Å²) in [5, 5.41) is 45.0. The minimum Gasteiger partial charge on any atom is -0.392 e. The van der Waals surface area contributed by atoms with Gasteiger partial charge in [0.2, 0.25) is 0 Å². The van der Waals surface area contributed by atoms with Crippen molar-refractivity contribution in [2.75, 3.05) is 6.61 Å². The number of aliphatic hydroxyl groups is 4. The van der Waals surface area contributed by atoms with E-state index in [1.807, 2.05) is 48.5 Å². The Morgan fingerprint density at radius 3 is 2.45 bits per heavy atom. The van der Waals surface area contributed by atoms with E-state index in [2.05, 4.69) is 0 Å². The highest BCUT2D eigenvalue weighted by atomic mass is 16.6. The fourth-order valence-electron chi connectivity index (χ4n) is 4.70. The zero-order chi connectivity index (χ0) is 22.9. The molecule has 4 aromatic rings. The third-order valence-corrected chi connectivity index (χ3v) is 6.42. The van der Waals surface area contributed by atoms with Gasteiger partial charge in [-0.1, -0.05) is 60.7 Å². The lowest BCUT2D eigenvalue weighted by molar-refractivity contribution is -0.111. The first-order chi connectivity index (χ1) is 16.1.